The number of nitrogens with two attached hydrogens (primary N) is 1. The van der Waals surface area contributed by atoms with Crippen molar-refractivity contribution in [3.8, 4) is 5.75 Å². The van der Waals surface area contributed by atoms with Crippen LogP contribution in [0.15, 0.2) is 66.0 Å². The highest BCUT2D eigenvalue weighted by atomic mass is 16.5. The maximum Gasteiger partial charge on any atom is 0.337 e. The lowest BCUT2D eigenvalue weighted by molar-refractivity contribution is 0.0690. The standard InChI is InChI=1S/C30H36N4O4/c1-33(2)19-11-13-21-25(17-19)38-26-18-20(34(3)4)12-14-22(26)27(21)23-9-8-10-24(28(23)30(36)37)29(35)32-16-7-5-6-15-31/h8-14,17-19H,5-7,15-16,31H2,1-4H3,(H,32,35)(H,36,37). The molecule has 0 radical (unpaired) electrons. The summed E-state index contributed by atoms with van der Waals surface area (Å²) >= 11 is 0. The van der Waals surface area contributed by atoms with Crippen molar-refractivity contribution in [3.05, 3.63) is 88.2 Å². The van der Waals surface area contributed by atoms with Crippen molar-refractivity contribution in [3.63, 3.8) is 0 Å². The van der Waals surface area contributed by atoms with E-state index >= 15 is 0 Å². The van der Waals surface area contributed by atoms with Gasteiger partial charge in [-0.3, -0.25) is 9.69 Å². The van der Waals surface area contributed by atoms with Crippen LogP contribution in [0.2, 0.25) is 0 Å². The molecule has 8 heteroatoms. The van der Waals surface area contributed by atoms with E-state index in [1.807, 2.05) is 63.4 Å². The highest BCUT2D eigenvalue weighted by molar-refractivity contribution is 6.09. The fraction of sp³-hybridized carbons (Fsp3) is 0.333. The van der Waals surface area contributed by atoms with Gasteiger partial charge in [0.15, 0.2) is 0 Å². The summed E-state index contributed by atoms with van der Waals surface area (Å²) in [6.07, 6.45) is 8.63. The molecule has 1 amide bonds. The average Bonchev–Trinajstić information content (AvgIpc) is 2.90. The fourth-order valence-electron chi connectivity index (χ4n) is 4.75. The second kappa shape index (κ2) is 11.7. The van der Waals surface area contributed by atoms with Crippen LogP contribution in [-0.2, 0) is 0 Å². The topological polar surface area (TPSA) is 108 Å². The van der Waals surface area contributed by atoms with Gasteiger partial charge in [0, 0.05) is 55.1 Å². The molecular weight excluding hydrogens is 480 g/mol. The van der Waals surface area contributed by atoms with Gasteiger partial charge < -0.3 is 25.8 Å². The molecule has 1 aliphatic heterocycles. The Morgan fingerprint density at radius 2 is 1.84 bits per heavy atom. The number of carbonyl (C=O) groups excluding carboxylic acids is 1. The third-order valence-electron chi connectivity index (χ3n) is 6.84. The van der Waals surface area contributed by atoms with E-state index < -0.39 is 11.9 Å². The van der Waals surface area contributed by atoms with Gasteiger partial charge in [-0.15, -0.1) is 0 Å². The van der Waals surface area contributed by atoms with Crippen molar-refractivity contribution in [2.24, 2.45) is 5.73 Å². The van der Waals surface area contributed by atoms with Gasteiger partial charge in [-0.2, -0.15) is 0 Å². The first-order chi connectivity index (χ1) is 18.2. The average molecular weight is 517 g/mol. The van der Waals surface area contributed by atoms with Crippen LogP contribution < -0.4 is 20.7 Å². The second-order valence-electron chi connectivity index (χ2n) is 9.95. The lowest BCUT2D eigenvalue weighted by atomic mass is 9.83. The monoisotopic (exact) mass is 516 g/mol. The Bertz CT molecular complexity index is 1320. The van der Waals surface area contributed by atoms with E-state index in [2.05, 4.69) is 16.3 Å². The molecule has 1 atom stereocenters. The summed E-state index contributed by atoms with van der Waals surface area (Å²) in [6, 6.07) is 11.0. The lowest BCUT2D eigenvalue weighted by Gasteiger charge is -2.31. The third-order valence-corrected chi connectivity index (χ3v) is 6.84. The summed E-state index contributed by atoms with van der Waals surface area (Å²) in [6.45, 7) is 1.07. The third kappa shape index (κ3) is 5.51. The number of nitrogens with one attached hydrogen (secondary N) is 1. The normalized spacial score (nSPS) is 15.9. The molecule has 0 aromatic heterocycles. The smallest absolute Gasteiger partial charge is 0.337 e. The number of ether oxygens (including phenoxy) is 1. The van der Waals surface area contributed by atoms with Gasteiger partial charge in [-0.1, -0.05) is 30.7 Å². The van der Waals surface area contributed by atoms with Crippen LogP contribution in [0.5, 0.6) is 5.75 Å². The highest BCUT2D eigenvalue weighted by Crippen LogP contribution is 2.45. The molecule has 2 aliphatic rings. The molecule has 1 heterocycles. The van der Waals surface area contributed by atoms with Crippen LogP contribution in [0.25, 0.3) is 5.57 Å². The van der Waals surface area contributed by atoms with Crippen LogP contribution in [0.4, 0.5) is 5.69 Å². The number of carboxylic acid groups (broad SMARTS) is 1. The van der Waals surface area contributed by atoms with Crippen molar-refractivity contribution >= 4 is 23.1 Å². The van der Waals surface area contributed by atoms with Gasteiger partial charge >= 0.3 is 5.97 Å². The van der Waals surface area contributed by atoms with E-state index in [9.17, 15) is 14.7 Å². The van der Waals surface area contributed by atoms with Crippen molar-refractivity contribution in [1.29, 1.82) is 0 Å². The van der Waals surface area contributed by atoms with Crippen molar-refractivity contribution in [2.75, 3.05) is 46.2 Å². The number of aromatic carboxylic acids is 1. The number of carboxylic acids is 1. The van der Waals surface area contributed by atoms with Crippen LogP contribution in [0.3, 0.4) is 0 Å². The van der Waals surface area contributed by atoms with Gasteiger partial charge in [-0.25, -0.2) is 4.79 Å². The van der Waals surface area contributed by atoms with Gasteiger partial charge in [0.25, 0.3) is 5.91 Å². The first kappa shape index (κ1) is 27.2. The molecule has 8 nitrogen and oxygen atoms in total. The summed E-state index contributed by atoms with van der Waals surface area (Å²) < 4.78 is 6.39. The first-order valence-electron chi connectivity index (χ1n) is 12.9. The number of hydrogen-bond acceptors (Lipinski definition) is 6. The Morgan fingerprint density at radius 1 is 1.05 bits per heavy atom. The van der Waals surface area contributed by atoms with Gasteiger partial charge in [0.05, 0.1) is 11.1 Å². The minimum Gasteiger partial charge on any atom is -0.478 e. The maximum absolute atomic E-state index is 13.1. The van der Waals surface area contributed by atoms with Crippen LogP contribution in [0, 0.1) is 0 Å². The Morgan fingerprint density at radius 3 is 2.53 bits per heavy atom. The molecule has 200 valence electrons. The zero-order valence-electron chi connectivity index (χ0n) is 22.5. The number of rotatable bonds is 10. The molecule has 0 spiro atoms. The molecule has 4 rings (SSSR count). The molecule has 1 aliphatic carbocycles. The zero-order chi connectivity index (χ0) is 27.4. The zero-order valence-corrected chi connectivity index (χ0v) is 22.5. The van der Waals surface area contributed by atoms with E-state index in [-0.39, 0.29) is 17.2 Å². The predicted molar refractivity (Wildman–Crippen MR) is 151 cm³/mol. The molecule has 0 saturated carbocycles. The first-order valence-corrected chi connectivity index (χ1v) is 12.9. The van der Waals surface area contributed by atoms with Crippen LogP contribution >= 0.6 is 0 Å². The summed E-state index contributed by atoms with van der Waals surface area (Å²) in [5.41, 5.74) is 9.39. The summed E-state index contributed by atoms with van der Waals surface area (Å²) in [7, 11) is 7.89. The largest absolute Gasteiger partial charge is 0.478 e. The van der Waals surface area contributed by atoms with Crippen molar-refractivity contribution in [2.45, 2.75) is 25.3 Å². The summed E-state index contributed by atoms with van der Waals surface area (Å²) in [4.78, 5) is 29.8. The van der Waals surface area contributed by atoms with E-state index in [1.54, 1.807) is 18.2 Å². The predicted octanol–water partition coefficient (Wildman–Crippen LogP) is 3.89. The number of fused-ring (bicyclic) bond motifs is 2. The lowest BCUT2D eigenvalue weighted by Crippen LogP contribution is -2.28. The molecular formula is C30H36N4O4. The quantitative estimate of drug-likeness (QED) is 0.411. The number of amides is 1. The Hall–Kier alpha value is -3.88. The number of unbranched alkanes of at least 4 members (excludes halogenated alkanes) is 2. The highest BCUT2D eigenvalue weighted by Gasteiger charge is 2.31. The molecule has 2 aromatic rings. The van der Waals surface area contributed by atoms with Crippen molar-refractivity contribution < 1.29 is 19.4 Å². The Balaban J connectivity index is 1.85. The molecule has 2 aromatic carbocycles. The second-order valence-corrected chi connectivity index (χ2v) is 9.95. The number of allylic oxidation sites excluding steroid dienone is 1. The molecule has 0 saturated heterocycles. The van der Waals surface area contributed by atoms with E-state index in [1.165, 1.54) is 0 Å². The van der Waals surface area contributed by atoms with Gasteiger partial charge in [-0.05, 0) is 63.3 Å². The molecule has 38 heavy (non-hydrogen) atoms. The van der Waals surface area contributed by atoms with Crippen molar-refractivity contribution in [1.82, 2.24) is 10.2 Å². The molecule has 0 fully saturated rings. The summed E-state index contributed by atoms with van der Waals surface area (Å²) in [5, 5.41) is 13.2. The SMILES string of the molecule is CN(C)c1ccc2c(c1)OC1=CC(N(C)C)C=CC1=C2c1cccc(C(=O)NCCCCCN)c1C(=O)O. The number of likely N-dealkylation sites (N-methyl/N-ethyl adjacent to an activating group) is 1. The van der Waals surface area contributed by atoms with E-state index in [4.69, 9.17) is 10.5 Å². The number of hydrogen-bond donors (Lipinski definition) is 3. The number of anilines is 1. The Labute approximate surface area is 224 Å². The fourth-order valence-corrected chi connectivity index (χ4v) is 4.75. The van der Waals surface area contributed by atoms with Gasteiger partial charge in [0.1, 0.15) is 11.5 Å². The summed E-state index contributed by atoms with van der Waals surface area (Å²) in [5.74, 6) is -0.257. The molecule has 1 unspecified atom stereocenters. The number of nitrogens with zero attached hydrogens (tertiary/aromatic N) is 2. The van der Waals surface area contributed by atoms with Crippen LogP contribution in [0.1, 0.15) is 51.1 Å². The maximum atomic E-state index is 13.1. The molecule has 4 N–H and O–H groups in total. The van der Waals surface area contributed by atoms with Gasteiger partial charge in [0.2, 0.25) is 0 Å². The van der Waals surface area contributed by atoms with Crippen LogP contribution in [-0.4, -0.2) is 69.2 Å². The van der Waals surface area contributed by atoms with E-state index in [0.717, 1.165) is 41.7 Å². The number of benzene rings is 2. The van der Waals surface area contributed by atoms with E-state index in [0.29, 0.717) is 30.2 Å². The minimum absolute atomic E-state index is 0.0264. The molecule has 0 bridgehead atoms. The Kier molecular flexibility index (Phi) is 8.34. The minimum atomic E-state index is -1.16. The number of carbonyl (C=O) groups is 2.